The maximum atomic E-state index is 13.9. The summed E-state index contributed by atoms with van der Waals surface area (Å²) in [5, 5.41) is 3.17. The van der Waals surface area contributed by atoms with Crippen LogP contribution in [0.1, 0.15) is 68.1 Å². The van der Waals surface area contributed by atoms with Crippen molar-refractivity contribution in [1.29, 1.82) is 0 Å². The minimum Gasteiger partial charge on any atom is -0.352 e. The Labute approximate surface area is 213 Å². The van der Waals surface area contributed by atoms with Crippen LogP contribution in [0.15, 0.2) is 84.9 Å². The van der Waals surface area contributed by atoms with Gasteiger partial charge in [0.25, 0.3) is 0 Å². The Morgan fingerprint density at radius 3 is 1.97 bits per heavy atom. The van der Waals surface area contributed by atoms with E-state index in [0.717, 1.165) is 42.4 Å². The molecule has 3 aromatic carbocycles. The molecule has 5 heteroatoms. The van der Waals surface area contributed by atoms with Gasteiger partial charge in [-0.3, -0.25) is 9.59 Å². The number of carbonyl (C=O) groups is 2. The summed E-state index contributed by atoms with van der Waals surface area (Å²) in [7, 11) is 0. The van der Waals surface area contributed by atoms with Crippen molar-refractivity contribution in [3.8, 4) is 0 Å². The van der Waals surface area contributed by atoms with Crippen molar-refractivity contribution in [3.05, 3.63) is 107 Å². The molecule has 0 spiro atoms. The molecular formula is C31H35FN2O2. The summed E-state index contributed by atoms with van der Waals surface area (Å²) in [6.45, 7) is 2.04. The zero-order valence-corrected chi connectivity index (χ0v) is 20.9. The standard InChI is InChI=1S/C31H35FN2O2/c1-23(31(36)33-28-15-9-4-10-16-28)34(22-24-17-19-27(32)20-18-24)30(35)21-29(25-11-5-2-6-12-25)26-13-7-3-8-14-26/h2-3,5-8,11-14,17-20,23,28-29H,4,9-10,15-16,21-22H2,1H3,(H,33,36)/t23-/m0/s1. The van der Waals surface area contributed by atoms with Crippen molar-refractivity contribution in [2.24, 2.45) is 0 Å². The topological polar surface area (TPSA) is 49.4 Å². The summed E-state index contributed by atoms with van der Waals surface area (Å²) in [6, 6.07) is 25.6. The molecule has 0 bridgehead atoms. The van der Waals surface area contributed by atoms with Crippen LogP contribution in [-0.2, 0) is 16.1 Å². The molecule has 4 rings (SSSR count). The molecule has 3 aromatic rings. The van der Waals surface area contributed by atoms with Gasteiger partial charge < -0.3 is 10.2 Å². The minimum atomic E-state index is -0.642. The summed E-state index contributed by atoms with van der Waals surface area (Å²) in [5.74, 6) is -0.700. The molecule has 0 heterocycles. The second kappa shape index (κ2) is 12.5. The van der Waals surface area contributed by atoms with Gasteiger partial charge in [-0.05, 0) is 48.6 Å². The lowest BCUT2D eigenvalue weighted by Gasteiger charge is -2.32. The maximum Gasteiger partial charge on any atom is 0.242 e. The van der Waals surface area contributed by atoms with Gasteiger partial charge >= 0.3 is 0 Å². The van der Waals surface area contributed by atoms with E-state index in [1.54, 1.807) is 24.0 Å². The van der Waals surface area contributed by atoms with Crippen LogP contribution in [0.2, 0.25) is 0 Å². The Hall–Kier alpha value is -3.47. The normalized spacial score (nSPS) is 14.9. The Morgan fingerprint density at radius 2 is 1.42 bits per heavy atom. The molecule has 36 heavy (non-hydrogen) atoms. The fourth-order valence-corrected chi connectivity index (χ4v) is 5.03. The van der Waals surface area contributed by atoms with Gasteiger partial charge in [-0.25, -0.2) is 4.39 Å². The molecule has 188 valence electrons. The molecule has 1 aliphatic rings. The van der Waals surface area contributed by atoms with Crippen LogP contribution in [0, 0.1) is 5.82 Å². The molecule has 0 aliphatic heterocycles. The lowest BCUT2D eigenvalue weighted by atomic mass is 9.88. The smallest absolute Gasteiger partial charge is 0.242 e. The maximum absolute atomic E-state index is 13.9. The average molecular weight is 487 g/mol. The summed E-state index contributed by atoms with van der Waals surface area (Å²) < 4.78 is 13.5. The lowest BCUT2D eigenvalue weighted by Crippen LogP contribution is -2.50. The van der Waals surface area contributed by atoms with E-state index in [4.69, 9.17) is 0 Å². The van der Waals surface area contributed by atoms with Crippen LogP contribution >= 0.6 is 0 Å². The first-order chi connectivity index (χ1) is 17.5. The first kappa shape index (κ1) is 25.6. The Bertz CT molecular complexity index is 1070. The quantitative estimate of drug-likeness (QED) is 0.391. The van der Waals surface area contributed by atoms with Crippen LogP contribution in [-0.4, -0.2) is 28.8 Å². The average Bonchev–Trinajstić information content (AvgIpc) is 2.92. The second-order valence-electron chi connectivity index (χ2n) is 9.75. The third kappa shape index (κ3) is 6.81. The van der Waals surface area contributed by atoms with Crippen LogP contribution < -0.4 is 5.32 Å². The zero-order valence-electron chi connectivity index (χ0n) is 20.9. The van der Waals surface area contributed by atoms with Gasteiger partial charge in [0.1, 0.15) is 11.9 Å². The molecule has 0 unspecified atom stereocenters. The molecule has 0 saturated heterocycles. The number of carbonyl (C=O) groups excluding carboxylic acids is 2. The van der Waals surface area contributed by atoms with Crippen molar-refractivity contribution in [1.82, 2.24) is 10.2 Å². The summed E-state index contributed by atoms with van der Waals surface area (Å²) in [6.07, 6.45) is 5.64. The Balaban J connectivity index is 1.58. The van der Waals surface area contributed by atoms with E-state index in [-0.39, 0.29) is 42.6 Å². The summed E-state index contributed by atoms with van der Waals surface area (Å²) >= 11 is 0. The second-order valence-corrected chi connectivity index (χ2v) is 9.75. The van der Waals surface area contributed by atoms with E-state index >= 15 is 0 Å². The predicted octanol–water partition coefficient (Wildman–Crippen LogP) is 6.21. The van der Waals surface area contributed by atoms with Crippen LogP contribution in [0.25, 0.3) is 0 Å². The van der Waals surface area contributed by atoms with E-state index in [2.05, 4.69) is 5.32 Å². The monoisotopic (exact) mass is 486 g/mol. The van der Waals surface area contributed by atoms with Gasteiger partial charge in [-0.1, -0.05) is 92.1 Å². The third-order valence-electron chi connectivity index (χ3n) is 7.17. The van der Waals surface area contributed by atoms with Crippen LogP contribution in [0.5, 0.6) is 0 Å². The highest BCUT2D eigenvalue weighted by atomic mass is 19.1. The van der Waals surface area contributed by atoms with Gasteiger partial charge in [0.2, 0.25) is 11.8 Å². The van der Waals surface area contributed by atoms with Crippen molar-refractivity contribution >= 4 is 11.8 Å². The molecule has 1 fully saturated rings. The largest absolute Gasteiger partial charge is 0.352 e. The number of benzene rings is 3. The molecule has 1 atom stereocenters. The predicted molar refractivity (Wildman–Crippen MR) is 141 cm³/mol. The van der Waals surface area contributed by atoms with Gasteiger partial charge in [0, 0.05) is 24.9 Å². The molecule has 1 N–H and O–H groups in total. The highest BCUT2D eigenvalue weighted by Gasteiger charge is 2.30. The fourth-order valence-electron chi connectivity index (χ4n) is 5.03. The highest BCUT2D eigenvalue weighted by Crippen LogP contribution is 2.29. The number of nitrogens with one attached hydrogen (secondary N) is 1. The fraction of sp³-hybridized carbons (Fsp3) is 0.355. The zero-order chi connectivity index (χ0) is 25.3. The van der Waals surface area contributed by atoms with Crippen LogP contribution in [0.4, 0.5) is 4.39 Å². The first-order valence-electron chi connectivity index (χ1n) is 13.0. The van der Waals surface area contributed by atoms with Gasteiger partial charge in [0.15, 0.2) is 0 Å². The number of hydrogen-bond acceptors (Lipinski definition) is 2. The molecule has 4 nitrogen and oxygen atoms in total. The minimum absolute atomic E-state index is 0.108. The van der Waals surface area contributed by atoms with Crippen molar-refractivity contribution in [2.75, 3.05) is 0 Å². The highest BCUT2D eigenvalue weighted by molar-refractivity contribution is 5.88. The number of halogens is 1. The number of nitrogens with zero attached hydrogens (tertiary/aromatic N) is 1. The molecule has 2 amide bonds. The van der Waals surface area contributed by atoms with Crippen molar-refractivity contribution in [2.45, 2.75) is 70.0 Å². The van der Waals surface area contributed by atoms with E-state index in [1.807, 2.05) is 60.7 Å². The molecule has 1 aliphatic carbocycles. The number of hydrogen-bond donors (Lipinski definition) is 1. The van der Waals surface area contributed by atoms with Crippen molar-refractivity contribution < 1.29 is 14.0 Å². The van der Waals surface area contributed by atoms with E-state index in [0.29, 0.717) is 0 Å². The first-order valence-corrected chi connectivity index (χ1v) is 13.0. The Kier molecular flexibility index (Phi) is 8.88. The molecule has 0 aromatic heterocycles. The summed E-state index contributed by atoms with van der Waals surface area (Å²) in [5.41, 5.74) is 2.90. The molecule has 0 radical (unpaired) electrons. The van der Waals surface area contributed by atoms with E-state index in [9.17, 15) is 14.0 Å². The molecular weight excluding hydrogens is 451 g/mol. The van der Waals surface area contributed by atoms with Crippen molar-refractivity contribution in [3.63, 3.8) is 0 Å². The Morgan fingerprint density at radius 1 is 0.861 bits per heavy atom. The van der Waals surface area contributed by atoms with Gasteiger partial charge in [0.05, 0.1) is 0 Å². The SMILES string of the molecule is C[C@@H](C(=O)NC1CCCCC1)N(Cc1ccc(F)cc1)C(=O)CC(c1ccccc1)c1ccccc1. The summed E-state index contributed by atoms with van der Waals surface area (Å²) in [4.78, 5) is 28.8. The third-order valence-corrected chi connectivity index (χ3v) is 7.17. The van der Waals surface area contributed by atoms with E-state index < -0.39 is 6.04 Å². The number of rotatable bonds is 9. The van der Waals surface area contributed by atoms with Crippen LogP contribution in [0.3, 0.4) is 0 Å². The van der Waals surface area contributed by atoms with E-state index in [1.165, 1.54) is 18.6 Å². The molecule has 1 saturated carbocycles. The lowest BCUT2D eigenvalue weighted by molar-refractivity contribution is -0.141. The number of amides is 2. The van der Waals surface area contributed by atoms with Gasteiger partial charge in [-0.2, -0.15) is 0 Å². The van der Waals surface area contributed by atoms with Gasteiger partial charge in [-0.15, -0.1) is 0 Å².